The Morgan fingerprint density at radius 2 is 1.85 bits per heavy atom. The van der Waals surface area contributed by atoms with Gasteiger partial charge in [0.15, 0.2) is 5.75 Å². The van der Waals surface area contributed by atoms with Crippen molar-refractivity contribution in [1.29, 1.82) is 0 Å². The molecule has 0 atom stereocenters. The van der Waals surface area contributed by atoms with Crippen LogP contribution in [0.4, 0.5) is 9.18 Å². The first kappa shape index (κ1) is 19.7. The molecule has 0 aliphatic carbocycles. The van der Waals surface area contributed by atoms with Gasteiger partial charge >= 0.3 is 0 Å². The van der Waals surface area contributed by atoms with Gasteiger partial charge in [-0.05, 0) is 48.5 Å². The lowest BCUT2D eigenvalue weighted by Crippen LogP contribution is -2.27. The first-order valence-electron chi connectivity index (χ1n) is 8.01. The van der Waals surface area contributed by atoms with Crippen molar-refractivity contribution in [2.24, 2.45) is 0 Å². The third-order valence-electron chi connectivity index (χ3n) is 3.84. The van der Waals surface area contributed by atoms with Gasteiger partial charge in [-0.1, -0.05) is 41.4 Å². The van der Waals surface area contributed by atoms with Gasteiger partial charge in [0, 0.05) is 12.1 Å². The third-order valence-corrected chi connectivity index (χ3v) is 5.31. The van der Waals surface area contributed by atoms with Crippen LogP contribution in [0.25, 0.3) is 6.08 Å². The van der Waals surface area contributed by atoms with Gasteiger partial charge in [-0.15, -0.1) is 0 Å². The molecule has 1 aliphatic rings. The lowest BCUT2D eigenvalue weighted by atomic mass is 10.2. The van der Waals surface area contributed by atoms with Gasteiger partial charge in [-0.2, -0.15) is 0 Å². The summed E-state index contributed by atoms with van der Waals surface area (Å²) in [6.07, 6.45) is 1.55. The fraction of sp³-hybridized carbons (Fsp3) is 0.158. The van der Waals surface area contributed by atoms with E-state index in [4.69, 9.17) is 27.9 Å². The number of benzene rings is 2. The lowest BCUT2D eigenvalue weighted by Gasteiger charge is -2.11. The summed E-state index contributed by atoms with van der Waals surface area (Å²) in [4.78, 5) is 25.4. The molecule has 0 spiro atoms. The van der Waals surface area contributed by atoms with E-state index in [1.165, 1.54) is 6.07 Å². The van der Waals surface area contributed by atoms with E-state index in [2.05, 4.69) is 0 Å². The number of carbonyl (C=O) groups is 2. The summed E-state index contributed by atoms with van der Waals surface area (Å²) < 4.78 is 19.3. The van der Waals surface area contributed by atoms with Gasteiger partial charge in [0.2, 0.25) is 0 Å². The van der Waals surface area contributed by atoms with Crippen molar-refractivity contribution in [3.63, 3.8) is 0 Å². The SMILES string of the molecule is CCN1C(=O)S/C(=C/c2cc(Cl)c(OCc3ccccc3F)c(Cl)c2)C1=O. The summed E-state index contributed by atoms with van der Waals surface area (Å²) in [5.74, 6) is -0.506. The maximum Gasteiger partial charge on any atom is 0.293 e. The maximum atomic E-state index is 13.7. The molecule has 8 heteroatoms. The molecule has 2 aromatic rings. The van der Waals surface area contributed by atoms with E-state index >= 15 is 0 Å². The molecule has 2 amide bonds. The number of rotatable bonds is 5. The van der Waals surface area contributed by atoms with Crippen molar-refractivity contribution >= 4 is 52.2 Å². The topological polar surface area (TPSA) is 46.6 Å². The minimum absolute atomic E-state index is 0.0269. The molecule has 1 fully saturated rings. The molecule has 0 aromatic heterocycles. The van der Waals surface area contributed by atoms with Crippen molar-refractivity contribution in [3.05, 3.63) is 68.3 Å². The zero-order valence-electron chi connectivity index (χ0n) is 14.2. The monoisotopic (exact) mass is 425 g/mol. The Balaban J connectivity index is 1.81. The summed E-state index contributed by atoms with van der Waals surface area (Å²) in [6.45, 7) is 2.02. The van der Waals surface area contributed by atoms with Crippen LogP contribution in [-0.4, -0.2) is 22.6 Å². The quantitative estimate of drug-likeness (QED) is 0.570. The van der Waals surface area contributed by atoms with E-state index in [0.29, 0.717) is 22.6 Å². The lowest BCUT2D eigenvalue weighted by molar-refractivity contribution is -0.122. The Morgan fingerprint density at radius 1 is 1.19 bits per heavy atom. The van der Waals surface area contributed by atoms with Crippen molar-refractivity contribution < 1.29 is 18.7 Å². The first-order chi connectivity index (χ1) is 12.9. The molecule has 0 unspecified atom stereocenters. The Kier molecular flexibility index (Phi) is 6.09. The van der Waals surface area contributed by atoms with Crippen molar-refractivity contribution in [3.8, 4) is 5.75 Å². The highest BCUT2D eigenvalue weighted by Gasteiger charge is 2.33. The number of halogens is 3. The standard InChI is InChI=1S/C19H14Cl2FNO3S/c1-2-23-18(24)16(27-19(23)25)9-11-7-13(20)17(14(21)8-11)26-10-12-5-3-4-6-15(12)22/h3-9H,2,10H2,1H3/b16-9+. The minimum Gasteiger partial charge on any atom is -0.486 e. The molecule has 1 aliphatic heterocycles. The number of imide groups is 1. The van der Waals surface area contributed by atoms with Gasteiger partial charge < -0.3 is 4.74 Å². The molecule has 0 saturated carbocycles. The van der Waals surface area contributed by atoms with E-state index in [9.17, 15) is 14.0 Å². The molecule has 1 heterocycles. The molecule has 0 bridgehead atoms. The van der Waals surface area contributed by atoms with Gasteiger partial charge in [0.25, 0.3) is 11.1 Å². The van der Waals surface area contributed by atoms with Crippen molar-refractivity contribution in [2.75, 3.05) is 6.54 Å². The maximum absolute atomic E-state index is 13.7. The Hall–Kier alpha value is -2.02. The van der Waals surface area contributed by atoms with E-state index in [1.54, 1.807) is 43.3 Å². The number of likely N-dealkylation sites (N-methyl/N-ethyl adjacent to an activating group) is 1. The average molecular weight is 426 g/mol. The summed E-state index contributed by atoms with van der Waals surface area (Å²) in [7, 11) is 0. The van der Waals surface area contributed by atoms with Gasteiger partial charge in [-0.3, -0.25) is 14.5 Å². The number of nitrogens with zero attached hydrogens (tertiary/aromatic N) is 1. The van der Waals surface area contributed by atoms with Crippen LogP contribution in [-0.2, 0) is 11.4 Å². The van der Waals surface area contributed by atoms with E-state index in [0.717, 1.165) is 16.7 Å². The van der Waals surface area contributed by atoms with Gasteiger partial charge in [0.1, 0.15) is 12.4 Å². The molecule has 3 rings (SSSR count). The number of hydrogen-bond acceptors (Lipinski definition) is 4. The smallest absolute Gasteiger partial charge is 0.293 e. The van der Waals surface area contributed by atoms with Crippen LogP contribution in [0, 0.1) is 5.82 Å². The van der Waals surface area contributed by atoms with E-state index in [-0.39, 0.29) is 39.4 Å². The zero-order chi connectivity index (χ0) is 19.6. The van der Waals surface area contributed by atoms with Crippen molar-refractivity contribution in [2.45, 2.75) is 13.5 Å². The van der Waals surface area contributed by atoms with Crippen LogP contribution in [0.15, 0.2) is 41.3 Å². The number of amides is 2. The first-order valence-corrected chi connectivity index (χ1v) is 9.58. The number of ether oxygens (including phenoxy) is 1. The number of carbonyl (C=O) groups excluding carboxylic acids is 2. The minimum atomic E-state index is -0.381. The molecular weight excluding hydrogens is 412 g/mol. The largest absolute Gasteiger partial charge is 0.486 e. The van der Waals surface area contributed by atoms with Crippen LogP contribution in [0.2, 0.25) is 10.0 Å². The molecule has 140 valence electrons. The van der Waals surface area contributed by atoms with E-state index in [1.807, 2.05) is 0 Å². The van der Waals surface area contributed by atoms with Gasteiger partial charge in [-0.25, -0.2) is 4.39 Å². The Morgan fingerprint density at radius 3 is 2.44 bits per heavy atom. The van der Waals surface area contributed by atoms with Gasteiger partial charge in [0.05, 0.1) is 15.0 Å². The predicted molar refractivity (Wildman–Crippen MR) is 106 cm³/mol. The fourth-order valence-corrected chi connectivity index (χ4v) is 4.01. The highest BCUT2D eigenvalue weighted by molar-refractivity contribution is 8.18. The molecule has 2 aromatic carbocycles. The summed E-state index contributed by atoms with van der Waals surface area (Å²) in [5.41, 5.74) is 0.937. The molecule has 1 saturated heterocycles. The van der Waals surface area contributed by atoms with E-state index < -0.39 is 0 Å². The fourth-order valence-electron chi connectivity index (χ4n) is 2.49. The van der Waals surface area contributed by atoms with Crippen LogP contribution in [0.5, 0.6) is 5.75 Å². The number of hydrogen-bond donors (Lipinski definition) is 0. The van der Waals surface area contributed by atoms with Crippen molar-refractivity contribution in [1.82, 2.24) is 4.90 Å². The second kappa shape index (κ2) is 8.33. The summed E-state index contributed by atoms with van der Waals surface area (Å²) in [5, 5.41) is 0.135. The molecule has 27 heavy (non-hydrogen) atoms. The summed E-state index contributed by atoms with van der Waals surface area (Å²) in [6, 6.07) is 9.39. The molecular formula is C19H14Cl2FNO3S. The predicted octanol–water partition coefficient (Wildman–Crippen LogP) is 5.77. The average Bonchev–Trinajstić information content (AvgIpc) is 2.88. The molecule has 4 nitrogen and oxygen atoms in total. The highest BCUT2D eigenvalue weighted by atomic mass is 35.5. The normalized spacial score (nSPS) is 15.7. The summed E-state index contributed by atoms with van der Waals surface area (Å²) >= 11 is 13.4. The molecule has 0 radical (unpaired) electrons. The van der Waals surface area contributed by atoms with Crippen LogP contribution in [0.3, 0.4) is 0 Å². The Bertz CT molecular complexity index is 925. The second-order valence-electron chi connectivity index (χ2n) is 5.62. The highest BCUT2D eigenvalue weighted by Crippen LogP contribution is 2.37. The third kappa shape index (κ3) is 4.29. The Labute approximate surface area is 169 Å². The molecule has 0 N–H and O–H groups in total. The van der Waals surface area contributed by atoms with Crippen LogP contribution < -0.4 is 4.74 Å². The zero-order valence-corrected chi connectivity index (χ0v) is 16.5. The van der Waals surface area contributed by atoms with Crippen LogP contribution in [0.1, 0.15) is 18.1 Å². The van der Waals surface area contributed by atoms with Crippen LogP contribution >= 0.6 is 35.0 Å². The second-order valence-corrected chi connectivity index (χ2v) is 7.43. The number of thioether (sulfide) groups is 1.